The third-order valence-electron chi connectivity index (χ3n) is 4.11. The van der Waals surface area contributed by atoms with Gasteiger partial charge in [0.2, 0.25) is 0 Å². The van der Waals surface area contributed by atoms with Crippen LogP contribution in [0.3, 0.4) is 0 Å². The monoisotopic (exact) mass is 270 g/mol. The van der Waals surface area contributed by atoms with Gasteiger partial charge in [0, 0.05) is 12.1 Å². The molecule has 3 atom stereocenters. The Kier molecular flexibility index (Phi) is 6.12. The van der Waals surface area contributed by atoms with E-state index in [0.717, 1.165) is 25.7 Å². The molecule has 2 amide bonds. The van der Waals surface area contributed by atoms with Gasteiger partial charge in [-0.2, -0.15) is 0 Å². The van der Waals surface area contributed by atoms with E-state index in [4.69, 9.17) is 5.11 Å². The van der Waals surface area contributed by atoms with Crippen molar-refractivity contribution < 1.29 is 14.7 Å². The van der Waals surface area contributed by atoms with Crippen LogP contribution in [0.2, 0.25) is 0 Å². The van der Waals surface area contributed by atoms with Crippen molar-refractivity contribution >= 4 is 12.0 Å². The average molecular weight is 270 g/mol. The van der Waals surface area contributed by atoms with Gasteiger partial charge in [-0.05, 0) is 32.1 Å². The Labute approximate surface area is 115 Å². The van der Waals surface area contributed by atoms with Gasteiger partial charge in [0.25, 0.3) is 0 Å². The molecule has 0 aromatic heterocycles. The van der Waals surface area contributed by atoms with Crippen molar-refractivity contribution in [3.63, 3.8) is 0 Å². The maximum Gasteiger partial charge on any atom is 0.323 e. The van der Waals surface area contributed by atoms with Crippen molar-refractivity contribution in [3.05, 3.63) is 0 Å². The second-order valence-corrected chi connectivity index (χ2v) is 5.60. The molecule has 0 aromatic rings. The largest absolute Gasteiger partial charge is 0.480 e. The third-order valence-corrected chi connectivity index (χ3v) is 4.11. The molecule has 110 valence electrons. The van der Waals surface area contributed by atoms with E-state index in [1.54, 1.807) is 0 Å². The van der Waals surface area contributed by atoms with Gasteiger partial charge in [0.1, 0.15) is 6.54 Å². The van der Waals surface area contributed by atoms with Gasteiger partial charge < -0.3 is 15.3 Å². The van der Waals surface area contributed by atoms with Crippen LogP contribution < -0.4 is 5.32 Å². The summed E-state index contributed by atoms with van der Waals surface area (Å²) >= 11 is 0. The number of carboxylic acid groups (broad SMARTS) is 1. The number of nitrogens with one attached hydrogen (secondary N) is 1. The van der Waals surface area contributed by atoms with E-state index in [1.807, 2.05) is 13.8 Å². The van der Waals surface area contributed by atoms with E-state index in [-0.39, 0.29) is 24.7 Å². The molecular weight excluding hydrogens is 244 g/mol. The van der Waals surface area contributed by atoms with E-state index in [1.165, 1.54) is 11.3 Å². The summed E-state index contributed by atoms with van der Waals surface area (Å²) < 4.78 is 0. The molecule has 1 rings (SSSR count). The number of carbonyl (C=O) groups excluding carboxylic acids is 1. The molecule has 0 aliphatic heterocycles. The Bertz CT molecular complexity index is 320. The molecule has 0 bridgehead atoms. The SMILES string of the molecule is CCC(C)N(CC(=O)O)C(=O)NC1CCCCC1C. The molecule has 3 unspecified atom stereocenters. The van der Waals surface area contributed by atoms with Crippen LogP contribution in [0.4, 0.5) is 4.79 Å². The number of nitrogens with zero attached hydrogens (tertiary/aromatic N) is 1. The number of amides is 2. The first-order chi connectivity index (χ1) is 8.95. The predicted octanol–water partition coefficient (Wildman–Crippen LogP) is 2.46. The molecule has 5 nitrogen and oxygen atoms in total. The topological polar surface area (TPSA) is 69.6 Å². The Balaban J connectivity index is 2.62. The zero-order chi connectivity index (χ0) is 14.4. The van der Waals surface area contributed by atoms with Crippen LogP contribution >= 0.6 is 0 Å². The summed E-state index contributed by atoms with van der Waals surface area (Å²) in [5.74, 6) is -0.492. The fourth-order valence-corrected chi connectivity index (χ4v) is 2.57. The summed E-state index contributed by atoms with van der Waals surface area (Å²) in [6.07, 6.45) is 5.23. The van der Waals surface area contributed by atoms with Gasteiger partial charge in [-0.15, -0.1) is 0 Å². The zero-order valence-corrected chi connectivity index (χ0v) is 12.2. The normalized spacial score (nSPS) is 24.6. The van der Waals surface area contributed by atoms with Crippen molar-refractivity contribution in [2.45, 2.75) is 65.0 Å². The quantitative estimate of drug-likeness (QED) is 0.806. The molecule has 0 aromatic carbocycles. The highest BCUT2D eigenvalue weighted by Gasteiger charge is 2.27. The summed E-state index contributed by atoms with van der Waals surface area (Å²) in [4.78, 5) is 24.5. The smallest absolute Gasteiger partial charge is 0.323 e. The van der Waals surface area contributed by atoms with E-state index < -0.39 is 5.97 Å². The minimum absolute atomic E-state index is 0.0602. The first kappa shape index (κ1) is 15.8. The zero-order valence-electron chi connectivity index (χ0n) is 12.2. The van der Waals surface area contributed by atoms with Crippen LogP contribution in [0.15, 0.2) is 0 Å². The van der Waals surface area contributed by atoms with Gasteiger partial charge in [-0.1, -0.05) is 26.7 Å². The highest BCUT2D eigenvalue weighted by Crippen LogP contribution is 2.24. The van der Waals surface area contributed by atoms with Gasteiger partial charge in [0.15, 0.2) is 0 Å². The summed E-state index contributed by atoms with van der Waals surface area (Å²) in [6.45, 7) is 5.75. The lowest BCUT2D eigenvalue weighted by Crippen LogP contribution is -2.52. The van der Waals surface area contributed by atoms with Crippen molar-refractivity contribution in [2.24, 2.45) is 5.92 Å². The van der Waals surface area contributed by atoms with Gasteiger partial charge >= 0.3 is 12.0 Å². The molecule has 0 radical (unpaired) electrons. The number of carboxylic acids is 1. The third kappa shape index (κ3) is 4.73. The highest BCUT2D eigenvalue weighted by atomic mass is 16.4. The van der Waals surface area contributed by atoms with Crippen LogP contribution in [-0.2, 0) is 4.79 Å². The Hall–Kier alpha value is -1.26. The fraction of sp³-hybridized carbons (Fsp3) is 0.857. The van der Waals surface area contributed by atoms with Crippen LogP contribution in [0, 0.1) is 5.92 Å². The second kappa shape index (κ2) is 7.36. The molecule has 2 N–H and O–H groups in total. The van der Waals surface area contributed by atoms with Gasteiger partial charge in [-0.3, -0.25) is 4.79 Å². The molecule has 1 saturated carbocycles. The van der Waals surface area contributed by atoms with E-state index in [9.17, 15) is 9.59 Å². The molecule has 0 saturated heterocycles. The van der Waals surface area contributed by atoms with Crippen molar-refractivity contribution in [1.82, 2.24) is 10.2 Å². The molecule has 0 heterocycles. The Morgan fingerprint density at radius 1 is 1.37 bits per heavy atom. The molecule has 1 aliphatic rings. The van der Waals surface area contributed by atoms with E-state index in [0.29, 0.717) is 5.92 Å². The molecule has 1 fully saturated rings. The van der Waals surface area contributed by atoms with Crippen molar-refractivity contribution in [3.8, 4) is 0 Å². The molecule has 5 heteroatoms. The maximum absolute atomic E-state index is 12.2. The first-order valence-corrected chi connectivity index (χ1v) is 7.24. The first-order valence-electron chi connectivity index (χ1n) is 7.24. The number of hydrogen-bond donors (Lipinski definition) is 2. The highest BCUT2D eigenvalue weighted by molar-refractivity contribution is 5.80. The van der Waals surface area contributed by atoms with E-state index >= 15 is 0 Å². The van der Waals surface area contributed by atoms with Crippen LogP contribution in [0.1, 0.15) is 52.9 Å². The lowest BCUT2D eigenvalue weighted by molar-refractivity contribution is -0.138. The lowest BCUT2D eigenvalue weighted by Gasteiger charge is -2.33. The molecule has 1 aliphatic carbocycles. The summed E-state index contributed by atoms with van der Waals surface area (Å²) in [7, 11) is 0. The molecule has 19 heavy (non-hydrogen) atoms. The van der Waals surface area contributed by atoms with Crippen LogP contribution in [0.25, 0.3) is 0 Å². The molecule has 0 spiro atoms. The number of aliphatic carboxylic acids is 1. The number of rotatable bonds is 5. The predicted molar refractivity (Wildman–Crippen MR) is 74.0 cm³/mol. The van der Waals surface area contributed by atoms with Gasteiger partial charge in [-0.25, -0.2) is 4.79 Å². The number of carbonyl (C=O) groups is 2. The summed E-state index contributed by atoms with van der Waals surface area (Å²) in [5, 5.41) is 11.9. The standard InChI is InChI=1S/C14H26N2O3/c1-4-11(3)16(9-13(17)18)14(19)15-12-8-6-5-7-10(12)2/h10-12H,4-9H2,1-3H3,(H,15,19)(H,17,18). The van der Waals surface area contributed by atoms with E-state index in [2.05, 4.69) is 12.2 Å². The number of hydrogen-bond acceptors (Lipinski definition) is 2. The number of urea groups is 1. The second-order valence-electron chi connectivity index (χ2n) is 5.60. The van der Waals surface area contributed by atoms with Crippen molar-refractivity contribution in [1.29, 1.82) is 0 Å². The Morgan fingerprint density at radius 2 is 2.00 bits per heavy atom. The molecular formula is C14H26N2O3. The summed E-state index contributed by atoms with van der Waals surface area (Å²) in [6, 6.07) is -0.118. The maximum atomic E-state index is 12.2. The minimum atomic E-state index is -0.966. The fourth-order valence-electron chi connectivity index (χ4n) is 2.57. The van der Waals surface area contributed by atoms with Crippen LogP contribution in [-0.4, -0.2) is 40.6 Å². The Morgan fingerprint density at radius 3 is 2.53 bits per heavy atom. The van der Waals surface area contributed by atoms with Crippen LogP contribution in [0.5, 0.6) is 0 Å². The summed E-state index contributed by atoms with van der Waals surface area (Å²) in [5.41, 5.74) is 0. The average Bonchev–Trinajstić information content (AvgIpc) is 2.37. The lowest BCUT2D eigenvalue weighted by atomic mass is 9.86. The minimum Gasteiger partial charge on any atom is -0.480 e. The van der Waals surface area contributed by atoms with Crippen molar-refractivity contribution in [2.75, 3.05) is 6.54 Å². The van der Waals surface area contributed by atoms with Gasteiger partial charge in [0.05, 0.1) is 0 Å².